The van der Waals surface area contributed by atoms with E-state index < -0.39 is 11.8 Å². The molecule has 1 atom stereocenters. The highest BCUT2D eigenvalue weighted by atomic mass is 19.1. The Bertz CT molecular complexity index is 1790. The van der Waals surface area contributed by atoms with Crippen molar-refractivity contribution in [2.24, 2.45) is 5.41 Å². The summed E-state index contributed by atoms with van der Waals surface area (Å²) in [5, 5.41) is 26.2. The van der Waals surface area contributed by atoms with Gasteiger partial charge in [0, 0.05) is 35.6 Å². The van der Waals surface area contributed by atoms with Gasteiger partial charge in [-0.05, 0) is 60.2 Å². The zero-order chi connectivity index (χ0) is 29.5. The lowest BCUT2D eigenvalue weighted by molar-refractivity contribution is 0.443. The van der Waals surface area contributed by atoms with E-state index in [1.165, 1.54) is 12.1 Å². The second-order valence-corrected chi connectivity index (χ2v) is 11.5. The van der Waals surface area contributed by atoms with E-state index in [0.29, 0.717) is 51.3 Å². The zero-order valence-electron chi connectivity index (χ0n) is 24.2. The first-order valence-corrected chi connectivity index (χ1v) is 13.6. The van der Waals surface area contributed by atoms with Gasteiger partial charge in [0.25, 0.3) is 0 Å². The third-order valence-electron chi connectivity index (χ3n) is 6.92. The van der Waals surface area contributed by atoms with Gasteiger partial charge in [0.2, 0.25) is 0 Å². The van der Waals surface area contributed by atoms with Crippen molar-refractivity contribution in [1.29, 1.82) is 5.26 Å². The van der Waals surface area contributed by atoms with E-state index in [9.17, 15) is 11.0 Å². The number of nitriles is 1. The van der Waals surface area contributed by atoms with Crippen LogP contribution in [0.4, 0.5) is 15.8 Å². The van der Waals surface area contributed by atoms with Crippen LogP contribution in [0.15, 0.2) is 73.2 Å². The molecule has 0 spiro atoms. The molecule has 5 aromatic rings. The summed E-state index contributed by atoms with van der Waals surface area (Å²) >= 11 is 0. The first-order chi connectivity index (χ1) is 20.1. The summed E-state index contributed by atoms with van der Waals surface area (Å²) in [5.41, 5.74) is 4.61. The number of nitrogens with one attached hydrogen (secondary N) is 2. The van der Waals surface area contributed by atoms with Crippen molar-refractivity contribution in [1.82, 2.24) is 25.0 Å². The number of rotatable bonds is 8. The molecule has 1 aliphatic carbocycles. The van der Waals surface area contributed by atoms with Crippen LogP contribution in [-0.2, 0) is 0 Å². The Morgan fingerprint density at radius 1 is 1.15 bits per heavy atom. The number of anilines is 2. The summed E-state index contributed by atoms with van der Waals surface area (Å²) in [5.74, 6) is -0.393. The summed E-state index contributed by atoms with van der Waals surface area (Å²) in [7, 11) is 0. The predicted molar refractivity (Wildman–Crippen MR) is 158 cm³/mol. The summed E-state index contributed by atoms with van der Waals surface area (Å²) in [6.07, 6.45) is 7.12. The molecule has 41 heavy (non-hydrogen) atoms. The van der Waals surface area contributed by atoms with E-state index in [0.717, 1.165) is 18.4 Å². The standard InChI is InChI=1S/C32H31FN8/c1-32(2,3)19-37-29-21(16-34)17-36-31-25(27-6-4-5-13-35-27)14-23(15-26(29)31)38-30(20-7-9-22(33)10-8-20)28-18-41(40-39-28)24-11-12-24/h4-10,13-15,17-18,24,30,38H,11-12,19H2,1-3H3,(H,36,37)/t30-/m1/s1/i30D. The molecule has 206 valence electrons. The van der Waals surface area contributed by atoms with Gasteiger partial charge >= 0.3 is 0 Å². The Hall–Kier alpha value is -4.84. The maximum atomic E-state index is 13.9. The van der Waals surface area contributed by atoms with Gasteiger partial charge in [-0.1, -0.05) is 44.2 Å². The van der Waals surface area contributed by atoms with Crippen molar-refractivity contribution in [3.63, 3.8) is 0 Å². The van der Waals surface area contributed by atoms with Crippen molar-refractivity contribution < 1.29 is 5.76 Å². The molecule has 3 aromatic heterocycles. The molecule has 2 aromatic carbocycles. The van der Waals surface area contributed by atoms with Crippen LogP contribution in [0.1, 0.15) is 63.9 Å². The molecule has 0 amide bonds. The first kappa shape index (κ1) is 25.1. The van der Waals surface area contributed by atoms with E-state index in [1.807, 2.05) is 30.3 Å². The topological polar surface area (TPSA) is 104 Å². The molecule has 0 radical (unpaired) electrons. The molecule has 1 saturated carbocycles. The molecule has 1 fully saturated rings. The minimum Gasteiger partial charge on any atom is -0.383 e. The van der Waals surface area contributed by atoms with E-state index in [2.05, 4.69) is 57.8 Å². The number of fused-ring (bicyclic) bond motifs is 1. The van der Waals surface area contributed by atoms with Crippen LogP contribution in [0.5, 0.6) is 0 Å². The molecule has 2 N–H and O–H groups in total. The minimum atomic E-state index is -1.60. The van der Waals surface area contributed by atoms with Gasteiger partial charge < -0.3 is 10.6 Å². The highest BCUT2D eigenvalue weighted by molar-refractivity contribution is 6.03. The van der Waals surface area contributed by atoms with Crippen molar-refractivity contribution in [3.05, 3.63) is 95.8 Å². The molecule has 0 unspecified atom stereocenters. The van der Waals surface area contributed by atoms with E-state index >= 15 is 0 Å². The van der Waals surface area contributed by atoms with Gasteiger partial charge in [-0.2, -0.15) is 5.26 Å². The number of benzene rings is 2. The maximum absolute atomic E-state index is 13.9. The van der Waals surface area contributed by atoms with Crippen LogP contribution < -0.4 is 10.6 Å². The fourth-order valence-electron chi connectivity index (χ4n) is 4.67. The summed E-state index contributed by atoms with van der Waals surface area (Å²) in [6, 6.07) is 16.2. The Balaban J connectivity index is 1.55. The lowest BCUT2D eigenvalue weighted by atomic mass is 9.96. The molecule has 0 bridgehead atoms. The number of nitrogens with zero attached hydrogens (tertiary/aromatic N) is 6. The Labute approximate surface area is 239 Å². The van der Waals surface area contributed by atoms with Gasteiger partial charge in [-0.25, -0.2) is 9.07 Å². The van der Waals surface area contributed by atoms with E-state index in [-0.39, 0.29) is 11.5 Å². The normalized spacial score (nSPS) is 15.1. The first-order valence-electron chi connectivity index (χ1n) is 14.1. The van der Waals surface area contributed by atoms with Gasteiger partial charge in [0.15, 0.2) is 0 Å². The second-order valence-electron chi connectivity index (χ2n) is 11.5. The minimum absolute atomic E-state index is 0.0473. The number of halogens is 1. The highest BCUT2D eigenvalue weighted by Gasteiger charge is 2.27. The van der Waals surface area contributed by atoms with Crippen LogP contribution in [0.3, 0.4) is 0 Å². The second kappa shape index (κ2) is 10.6. The van der Waals surface area contributed by atoms with E-state index in [4.69, 9.17) is 0 Å². The molecular formula is C32H31FN8. The SMILES string of the molecule is [2H][C@@](Nc1cc(-c2ccccn2)c2ncc(C#N)c(NCC(C)(C)C)c2c1)(c1ccc(F)cc1)c1cn(C2CC2)nn1. The Morgan fingerprint density at radius 2 is 1.95 bits per heavy atom. The Morgan fingerprint density at radius 3 is 2.63 bits per heavy atom. The third kappa shape index (κ3) is 5.73. The molecule has 0 saturated heterocycles. The van der Waals surface area contributed by atoms with Crippen LogP contribution in [0.25, 0.3) is 22.2 Å². The average Bonchev–Trinajstić information content (AvgIpc) is 3.71. The van der Waals surface area contributed by atoms with Gasteiger partial charge in [0.1, 0.15) is 17.6 Å². The Kier molecular flexibility index (Phi) is 6.51. The molecule has 8 nitrogen and oxygen atoms in total. The molecule has 3 heterocycles. The molecule has 1 aliphatic rings. The summed E-state index contributed by atoms with van der Waals surface area (Å²) in [4.78, 5) is 9.26. The highest BCUT2D eigenvalue weighted by Crippen LogP contribution is 2.38. The number of hydrogen-bond donors (Lipinski definition) is 2. The molecule has 0 aliphatic heterocycles. The predicted octanol–water partition coefficient (Wildman–Crippen LogP) is 6.89. The fraction of sp³-hybridized carbons (Fsp3) is 0.281. The lowest BCUT2D eigenvalue weighted by Crippen LogP contribution is -2.20. The smallest absolute Gasteiger partial charge is 0.123 e. The fourth-order valence-corrected chi connectivity index (χ4v) is 4.67. The van der Waals surface area contributed by atoms with Gasteiger partial charge in [0.05, 0.1) is 42.1 Å². The number of aromatic nitrogens is 5. The van der Waals surface area contributed by atoms with Crippen LogP contribution in [0.2, 0.25) is 0 Å². The molecule has 9 heteroatoms. The van der Waals surface area contributed by atoms with Crippen LogP contribution in [0, 0.1) is 22.6 Å². The van der Waals surface area contributed by atoms with Crippen LogP contribution in [-0.4, -0.2) is 31.5 Å². The van der Waals surface area contributed by atoms with Crippen molar-refractivity contribution in [3.8, 4) is 17.3 Å². The van der Waals surface area contributed by atoms with Crippen molar-refractivity contribution >= 4 is 22.3 Å². The number of hydrogen-bond acceptors (Lipinski definition) is 7. The third-order valence-corrected chi connectivity index (χ3v) is 6.92. The van der Waals surface area contributed by atoms with Gasteiger partial charge in [-0.15, -0.1) is 5.10 Å². The average molecular weight is 548 g/mol. The summed E-state index contributed by atoms with van der Waals surface area (Å²) < 4.78 is 25.5. The maximum Gasteiger partial charge on any atom is 0.123 e. The molecule has 6 rings (SSSR count). The van der Waals surface area contributed by atoms with Gasteiger partial charge in [-0.3, -0.25) is 9.97 Å². The quantitative estimate of drug-likeness (QED) is 0.218. The molecular weight excluding hydrogens is 515 g/mol. The van der Waals surface area contributed by atoms with E-state index in [1.54, 1.807) is 35.4 Å². The summed E-state index contributed by atoms with van der Waals surface area (Å²) in [6.45, 7) is 6.98. The van der Waals surface area contributed by atoms with Crippen LogP contribution >= 0.6 is 0 Å². The van der Waals surface area contributed by atoms with Crippen molar-refractivity contribution in [2.75, 3.05) is 17.2 Å². The largest absolute Gasteiger partial charge is 0.383 e. The number of pyridine rings is 2. The van der Waals surface area contributed by atoms with Crippen molar-refractivity contribution in [2.45, 2.75) is 45.7 Å². The zero-order valence-corrected chi connectivity index (χ0v) is 23.2. The lowest BCUT2D eigenvalue weighted by Gasteiger charge is -2.23. The monoisotopic (exact) mass is 547 g/mol.